The number of nitrogens with one attached hydrogen (secondary N) is 2. The van der Waals surface area contributed by atoms with Gasteiger partial charge in [0.05, 0.1) is 6.04 Å². The van der Waals surface area contributed by atoms with E-state index in [9.17, 15) is 24.3 Å². The van der Waals surface area contributed by atoms with Crippen molar-refractivity contribution >= 4 is 29.7 Å². The van der Waals surface area contributed by atoms with Crippen molar-refractivity contribution in [2.45, 2.75) is 76.5 Å². The fourth-order valence-electron chi connectivity index (χ4n) is 4.45. The van der Waals surface area contributed by atoms with Crippen LogP contribution in [0.4, 0.5) is 0 Å². The van der Waals surface area contributed by atoms with Gasteiger partial charge in [0, 0.05) is 19.5 Å². The summed E-state index contributed by atoms with van der Waals surface area (Å²) >= 11 is 0. The number of guanidine groups is 1. The summed E-state index contributed by atoms with van der Waals surface area (Å²) in [6.45, 7) is 4.45. The van der Waals surface area contributed by atoms with E-state index in [4.69, 9.17) is 17.2 Å². The van der Waals surface area contributed by atoms with Crippen molar-refractivity contribution in [2.75, 3.05) is 13.1 Å². The standard InChI is InChI=1S/C26H41N7O5/c1-16(2)14-20(25(37)38)32-22(34)19(15-17-8-4-3-5-9-17)31-23(35)21-11-7-13-33(21)24(36)18(27)10-6-12-30-26(28)29/h3-5,8-9,16,18-21H,6-7,10-15,27H2,1-2H3,(H,31,35)(H,32,34)(H,37,38)(H4,28,29,30). The van der Waals surface area contributed by atoms with Gasteiger partial charge in [-0.25, -0.2) is 4.79 Å². The van der Waals surface area contributed by atoms with Gasteiger partial charge in [-0.05, 0) is 43.6 Å². The van der Waals surface area contributed by atoms with Crippen LogP contribution in [0.15, 0.2) is 35.3 Å². The molecule has 1 aliphatic heterocycles. The molecule has 9 N–H and O–H groups in total. The predicted octanol–water partition coefficient (Wildman–Crippen LogP) is -0.299. The van der Waals surface area contributed by atoms with E-state index >= 15 is 0 Å². The number of nitrogens with two attached hydrogens (primary N) is 3. The van der Waals surface area contributed by atoms with Gasteiger partial charge in [-0.1, -0.05) is 44.2 Å². The van der Waals surface area contributed by atoms with Gasteiger partial charge in [0.1, 0.15) is 18.1 Å². The number of carboxylic acids is 1. The molecule has 0 spiro atoms. The zero-order valence-electron chi connectivity index (χ0n) is 22.1. The van der Waals surface area contributed by atoms with Gasteiger partial charge >= 0.3 is 5.97 Å². The first-order valence-electron chi connectivity index (χ1n) is 13.0. The molecule has 0 saturated carbocycles. The molecule has 12 heteroatoms. The predicted molar refractivity (Wildman–Crippen MR) is 144 cm³/mol. The molecule has 0 aromatic heterocycles. The first kappa shape index (κ1) is 30.6. The second-order valence-electron chi connectivity index (χ2n) is 10.0. The maximum atomic E-state index is 13.3. The van der Waals surface area contributed by atoms with E-state index in [1.807, 2.05) is 44.2 Å². The zero-order valence-corrected chi connectivity index (χ0v) is 22.1. The van der Waals surface area contributed by atoms with Crippen molar-refractivity contribution in [2.24, 2.45) is 28.1 Å². The summed E-state index contributed by atoms with van der Waals surface area (Å²) in [7, 11) is 0. The average molecular weight is 532 g/mol. The molecule has 38 heavy (non-hydrogen) atoms. The maximum absolute atomic E-state index is 13.3. The lowest BCUT2D eigenvalue weighted by molar-refractivity contribution is -0.143. The lowest BCUT2D eigenvalue weighted by Gasteiger charge is -2.29. The van der Waals surface area contributed by atoms with Crippen LogP contribution in [0.5, 0.6) is 0 Å². The molecule has 0 aliphatic carbocycles. The molecule has 3 amide bonds. The molecule has 12 nitrogen and oxygen atoms in total. The highest BCUT2D eigenvalue weighted by molar-refractivity contribution is 5.94. The number of hydrogen-bond acceptors (Lipinski definition) is 6. The number of hydrogen-bond donors (Lipinski definition) is 6. The monoisotopic (exact) mass is 531 g/mol. The van der Waals surface area contributed by atoms with Gasteiger partial charge in [0.2, 0.25) is 17.7 Å². The number of carbonyl (C=O) groups is 4. The number of carboxylic acid groups (broad SMARTS) is 1. The third-order valence-electron chi connectivity index (χ3n) is 6.36. The van der Waals surface area contributed by atoms with Gasteiger partial charge in [-0.3, -0.25) is 19.4 Å². The van der Waals surface area contributed by atoms with Gasteiger partial charge < -0.3 is 37.8 Å². The summed E-state index contributed by atoms with van der Waals surface area (Å²) in [6, 6.07) is 5.42. The largest absolute Gasteiger partial charge is 0.480 e. The number of carbonyl (C=O) groups excluding carboxylic acids is 3. The van der Waals surface area contributed by atoms with Crippen LogP contribution in [0.1, 0.15) is 51.5 Å². The fourth-order valence-corrected chi connectivity index (χ4v) is 4.45. The molecule has 4 unspecified atom stereocenters. The molecule has 4 atom stereocenters. The number of nitrogens with zero attached hydrogens (tertiary/aromatic N) is 2. The first-order chi connectivity index (χ1) is 18.0. The minimum absolute atomic E-state index is 0.0332. The topological polar surface area (TPSA) is 206 Å². The highest BCUT2D eigenvalue weighted by Gasteiger charge is 2.38. The summed E-state index contributed by atoms with van der Waals surface area (Å²) in [5.41, 5.74) is 17.5. The van der Waals surface area contributed by atoms with Crippen LogP contribution in [0.25, 0.3) is 0 Å². The van der Waals surface area contributed by atoms with E-state index in [1.54, 1.807) is 0 Å². The summed E-state index contributed by atoms with van der Waals surface area (Å²) in [5, 5.41) is 14.9. The number of aliphatic carboxylic acids is 1. The van der Waals surface area contributed by atoms with E-state index in [-0.39, 0.29) is 30.6 Å². The number of amides is 3. The van der Waals surface area contributed by atoms with Crippen LogP contribution >= 0.6 is 0 Å². The second kappa shape index (κ2) is 14.9. The van der Waals surface area contributed by atoms with Crippen LogP contribution in [-0.2, 0) is 25.6 Å². The van der Waals surface area contributed by atoms with Crippen LogP contribution in [0.3, 0.4) is 0 Å². The smallest absolute Gasteiger partial charge is 0.326 e. The summed E-state index contributed by atoms with van der Waals surface area (Å²) in [5.74, 6) is -2.55. The Morgan fingerprint density at radius 2 is 1.79 bits per heavy atom. The normalized spacial score (nSPS) is 17.4. The number of aliphatic imine (C=N–C) groups is 1. The average Bonchev–Trinajstić information content (AvgIpc) is 3.35. The molecular formula is C26H41N7O5. The fraction of sp³-hybridized carbons (Fsp3) is 0.577. The summed E-state index contributed by atoms with van der Waals surface area (Å²) in [4.78, 5) is 56.6. The van der Waals surface area contributed by atoms with E-state index in [0.717, 1.165) is 5.56 Å². The molecular weight excluding hydrogens is 490 g/mol. The van der Waals surface area contributed by atoms with Crippen molar-refractivity contribution in [3.8, 4) is 0 Å². The van der Waals surface area contributed by atoms with E-state index in [2.05, 4.69) is 15.6 Å². The molecule has 2 rings (SSSR count). The molecule has 0 radical (unpaired) electrons. The van der Waals surface area contributed by atoms with Gasteiger partial charge in [0.25, 0.3) is 0 Å². The number of likely N-dealkylation sites (tertiary alicyclic amines) is 1. The van der Waals surface area contributed by atoms with Crippen LogP contribution in [-0.4, -0.2) is 76.9 Å². The van der Waals surface area contributed by atoms with Crippen LogP contribution in [0, 0.1) is 5.92 Å². The minimum atomic E-state index is -1.14. The molecule has 1 aliphatic rings. The van der Waals surface area contributed by atoms with Crippen LogP contribution in [0.2, 0.25) is 0 Å². The number of rotatable bonds is 14. The molecule has 1 saturated heterocycles. The Labute approximate surface area is 223 Å². The minimum Gasteiger partial charge on any atom is -0.480 e. The highest BCUT2D eigenvalue weighted by atomic mass is 16.4. The van der Waals surface area contributed by atoms with Gasteiger partial charge in [0.15, 0.2) is 5.96 Å². The Hall–Kier alpha value is -3.67. The number of benzene rings is 1. The SMILES string of the molecule is CC(C)CC(NC(=O)C(Cc1ccccc1)NC(=O)C1CCCN1C(=O)C(N)CCCN=C(N)N)C(=O)O. The van der Waals surface area contributed by atoms with Crippen molar-refractivity contribution < 1.29 is 24.3 Å². The molecule has 1 aromatic rings. The first-order valence-corrected chi connectivity index (χ1v) is 13.0. The quantitative estimate of drug-likeness (QED) is 0.106. The molecule has 1 heterocycles. The van der Waals surface area contributed by atoms with Gasteiger partial charge in [-0.2, -0.15) is 0 Å². The van der Waals surface area contributed by atoms with Crippen molar-refractivity contribution in [1.82, 2.24) is 15.5 Å². The van der Waals surface area contributed by atoms with Crippen molar-refractivity contribution in [3.63, 3.8) is 0 Å². The van der Waals surface area contributed by atoms with Crippen LogP contribution < -0.4 is 27.8 Å². The zero-order chi connectivity index (χ0) is 28.2. The lowest BCUT2D eigenvalue weighted by Crippen LogP contribution is -2.57. The summed E-state index contributed by atoms with van der Waals surface area (Å²) < 4.78 is 0. The Balaban J connectivity index is 2.12. The third-order valence-corrected chi connectivity index (χ3v) is 6.36. The maximum Gasteiger partial charge on any atom is 0.326 e. The highest BCUT2D eigenvalue weighted by Crippen LogP contribution is 2.20. The van der Waals surface area contributed by atoms with Gasteiger partial charge in [-0.15, -0.1) is 0 Å². The molecule has 1 aromatic carbocycles. The second-order valence-corrected chi connectivity index (χ2v) is 10.0. The van der Waals surface area contributed by atoms with E-state index in [1.165, 1.54) is 4.90 Å². The van der Waals surface area contributed by atoms with Crippen molar-refractivity contribution in [1.29, 1.82) is 0 Å². The van der Waals surface area contributed by atoms with E-state index < -0.39 is 42.0 Å². The summed E-state index contributed by atoms with van der Waals surface area (Å²) in [6.07, 6.45) is 2.33. The third kappa shape index (κ3) is 9.66. The van der Waals surface area contributed by atoms with Crippen molar-refractivity contribution in [3.05, 3.63) is 35.9 Å². The lowest BCUT2D eigenvalue weighted by atomic mass is 10.0. The Kier molecular flexibility index (Phi) is 12.0. The molecule has 210 valence electrons. The molecule has 0 bridgehead atoms. The van der Waals surface area contributed by atoms with E-state index in [0.29, 0.717) is 38.8 Å². The Morgan fingerprint density at radius 1 is 1.11 bits per heavy atom. The Morgan fingerprint density at radius 3 is 2.39 bits per heavy atom. The Bertz CT molecular complexity index is 981. The molecule has 1 fully saturated rings.